The van der Waals surface area contributed by atoms with Crippen molar-refractivity contribution >= 4 is 11.3 Å². The number of aromatic nitrogens is 1. The average molecular weight is 210 g/mol. The van der Waals surface area contributed by atoms with Crippen LogP contribution in [-0.2, 0) is 6.54 Å². The highest BCUT2D eigenvalue weighted by Gasteiger charge is 2.19. The van der Waals surface area contributed by atoms with Gasteiger partial charge in [-0.1, -0.05) is 12.8 Å². The minimum absolute atomic E-state index is 1.00. The molecule has 0 amide bonds. The van der Waals surface area contributed by atoms with Crippen LogP contribution in [0.1, 0.15) is 34.8 Å². The monoisotopic (exact) mass is 210 g/mol. The molecule has 1 aromatic heterocycles. The normalized spacial score (nSPS) is 16.1. The van der Waals surface area contributed by atoms with E-state index < -0.39 is 0 Å². The van der Waals surface area contributed by atoms with E-state index >= 15 is 0 Å². The maximum atomic E-state index is 4.42. The van der Waals surface area contributed by atoms with Crippen molar-refractivity contribution in [2.75, 3.05) is 6.54 Å². The summed E-state index contributed by atoms with van der Waals surface area (Å²) in [6, 6.07) is 0. The third-order valence-electron chi connectivity index (χ3n) is 2.71. The van der Waals surface area contributed by atoms with Crippen LogP contribution in [0.3, 0.4) is 0 Å². The van der Waals surface area contributed by atoms with Crippen molar-refractivity contribution in [2.24, 2.45) is 5.92 Å². The topological polar surface area (TPSA) is 24.9 Å². The van der Waals surface area contributed by atoms with E-state index in [0.29, 0.717) is 0 Å². The Morgan fingerprint density at radius 1 is 1.43 bits per heavy atom. The first-order valence-corrected chi connectivity index (χ1v) is 6.21. The van der Waals surface area contributed by atoms with Gasteiger partial charge < -0.3 is 5.32 Å². The lowest BCUT2D eigenvalue weighted by atomic mass is 10.3. The minimum Gasteiger partial charge on any atom is -0.312 e. The summed E-state index contributed by atoms with van der Waals surface area (Å²) < 4.78 is 0. The van der Waals surface area contributed by atoms with Crippen molar-refractivity contribution in [1.82, 2.24) is 10.3 Å². The fourth-order valence-corrected chi connectivity index (χ4v) is 2.56. The van der Waals surface area contributed by atoms with Gasteiger partial charge in [-0.3, -0.25) is 0 Å². The van der Waals surface area contributed by atoms with E-state index in [1.807, 2.05) is 11.3 Å². The smallest absolute Gasteiger partial charge is 0.0900 e. The molecule has 2 rings (SSSR count). The minimum atomic E-state index is 1.00. The fourth-order valence-electron chi connectivity index (χ4n) is 1.65. The molecule has 1 saturated carbocycles. The molecule has 1 aliphatic rings. The molecule has 1 N–H and O–H groups in total. The van der Waals surface area contributed by atoms with Gasteiger partial charge in [-0.15, -0.1) is 11.3 Å². The van der Waals surface area contributed by atoms with Crippen LogP contribution < -0.4 is 5.32 Å². The first-order valence-electron chi connectivity index (χ1n) is 5.39. The van der Waals surface area contributed by atoms with Gasteiger partial charge in [0.15, 0.2) is 0 Å². The first-order chi connectivity index (χ1) is 6.75. The van der Waals surface area contributed by atoms with Gasteiger partial charge in [-0.05, 0) is 32.7 Å². The standard InChI is InChI=1S/C11H18N2S/c1-8-11(14-9(2)13-8)7-12-6-5-10-3-4-10/h10,12H,3-7H2,1-2H3. The number of hydrogen-bond donors (Lipinski definition) is 1. The van der Waals surface area contributed by atoms with Crippen LogP contribution in [0.15, 0.2) is 0 Å². The van der Waals surface area contributed by atoms with E-state index in [-0.39, 0.29) is 0 Å². The quantitative estimate of drug-likeness (QED) is 0.756. The van der Waals surface area contributed by atoms with Crippen molar-refractivity contribution < 1.29 is 0 Å². The van der Waals surface area contributed by atoms with E-state index in [1.54, 1.807) is 0 Å². The lowest BCUT2D eigenvalue weighted by Gasteiger charge is -2.01. The molecule has 1 aromatic rings. The zero-order valence-electron chi connectivity index (χ0n) is 8.97. The predicted molar refractivity (Wildman–Crippen MR) is 60.6 cm³/mol. The van der Waals surface area contributed by atoms with Crippen molar-refractivity contribution in [2.45, 2.75) is 39.7 Å². The second kappa shape index (κ2) is 4.41. The molecule has 3 heteroatoms. The molecule has 0 unspecified atom stereocenters. The van der Waals surface area contributed by atoms with E-state index in [9.17, 15) is 0 Å². The zero-order chi connectivity index (χ0) is 9.97. The van der Waals surface area contributed by atoms with Crippen molar-refractivity contribution in [3.63, 3.8) is 0 Å². The molecule has 0 radical (unpaired) electrons. The SMILES string of the molecule is Cc1nc(C)c(CNCCC2CC2)s1. The second-order valence-corrected chi connectivity index (χ2v) is 5.44. The molecule has 14 heavy (non-hydrogen) atoms. The molecular weight excluding hydrogens is 192 g/mol. The van der Waals surface area contributed by atoms with Crippen LogP contribution in [0.2, 0.25) is 0 Å². The lowest BCUT2D eigenvalue weighted by Crippen LogP contribution is -2.14. The Hall–Kier alpha value is -0.410. The fraction of sp³-hybridized carbons (Fsp3) is 0.727. The molecule has 0 aliphatic heterocycles. The summed E-state index contributed by atoms with van der Waals surface area (Å²) in [5.74, 6) is 1.03. The van der Waals surface area contributed by atoms with Gasteiger partial charge in [0, 0.05) is 11.4 Å². The summed E-state index contributed by atoms with van der Waals surface area (Å²) in [5.41, 5.74) is 1.20. The summed E-state index contributed by atoms with van der Waals surface area (Å²) in [6.45, 7) is 6.35. The summed E-state index contributed by atoms with van der Waals surface area (Å²) in [7, 11) is 0. The Morgan fingerprint density at radius 2 is 2.21 bits per heavy atom. The van der Waals surface area contributed by atoms with Gasteiger partial charge in [0.05, 0.1) is 10.7 Å². The van der Waals surface area contributed by atoms with Gasteiger partial charge in [0.25, 0.3) is 0 Å². The van der Waals surface area contributed by atoms with E-state index in [1.165, 1.54) is 41.4 Å². The molecule has 0 spiro atoms. The maximum Gasteiger partial charge on any atom is 0.0900 e. The highest BCUT2D eigenvalue weighted by atomic mass is 32.1. The third kappa shape index (κ3) is 2.79. The van der Waals surface area contributed by atoms with Crippen LogP contribution in [0, 0.1) is 19.8 Å². The van der Waals surface area contributed by atoms with Crippen molar-refractivity contribution in [3.8, 4) is 0 Å². The number of aryl methyl sites for hydroxylation is 2. The van der Waals surface area contributed by atoms with Crippen LogP contribution in [0.25, 0.3) is 0 Å². The summed E-state index contributed by atoms with van der Waals surface area (Å²) >= 11 is 1.82. The Kier molecular flexibility index (Phi) is 3.19. The number of nitrogens with zero attached hydrogens (tertiary/aromatic N) is 1. The maximum absolute atomic E-state index is 4.42. The number of rotatable bonds is 5. The van der Waals surface area contributed by atoms with Crippen molar-refractivity contribution in [1.29, 1.82) is 0 Å². The Bertz CT molecular complexity index is 302. The average Bonchev–Trinajstić information content (AvgIpc) is 2.88. The van der Waals surface area contributed by atoms with E-state index in [4.69, 9.17) is 0 Å². The highest BCUT2D eigenvalue weighted by molar-refractivity contribution is 7.11. The molecule has 0 bridgehead atoms. The molecular formula is C11H18N2S. The Balaban J connectivity index is 1.70. The first kappa shape index (κ1) is 10.1. The molecule has 78 valence electrons. The summed E-state index contributed by atoms with van der Waals surface area (Å²) in [4.78, 5) is 5.82. The second-order valence-electron chi connectivity index (χ2n) is 4.15. The van der Waals surface area contributed by atoms with Gasteiger partial charge in [-0.2, -0.15) is 0 Å². The Morgan fingerprint density at radius 3 is 2.79 bits per heavy atom. The Labute approximate surface area is 89.8 Å². The molecule has 0 atom stereocenters. The lowest BCUT2D eigenvalue weighted by molar-refractivity contribution is 0.615. The van der Waals surface area contributed by atoms with Crippen LogP contribution in [-0.4, -0.2) is 11.5 Å². The van der Waals surface area contributed by atoms with Crippen LogP contribution in [0.5, 0.6) is 0 Å². The number of hydrogen-bond acceptors (Lipinski definition) is 3. The van der Waals surface area contributed by atoms with Gasteiger partial charge in [0.2, 0.25) is 0 Å². The molecule has 0 saturated heterocycles. The van der Waals surface area contributed by atoms with Gasteiger partial charge in [-0.25, -0.2) is 4.98 Å². The molecule has 2 nitrogen and oxygen atoms in total. The van der Waals surface area contributed by atoms with E-state index in [2.05, 4.69) is 24.1 Å². The molecule has 1 heterocycles. The number of nitrogens with one attached hydrogen (secondary N) is 1. The predicted octanol–water partition coefficient (Wildman–Crippen LogP) is 2.65. The van der Waals surface area contributed by atoms with Gasteiger partial charge in [0.1, 0.15) is 0 Å². The summed E-state index contributed by atoms with van der Waals surface area (Å²) in [5, 5.41) is 4.68. The zero-order valence-corrected chi connectivity index (χ0v) is 9.78. The van der Waals surface area contributed by atoms with E-state index in [0.717, 1.165) is 12.5 Å². The molecule has 1 fully saturated rings. The summed E-state index contributed by atoms with van der Waals surface area (Å²) in [6.07, 6.45) is 4.28. The van der Waals surface area contributed by atoms with Crippen LogP contribution in [0.4, 0.5) is 0 Å². The van der Waals surface area contributed by atoms with Crippen LogP contribution >= 0.6 is 11.3 Å². The molecule has 0 aromatic carbocycles. The highest BCUT2D eigenvalue weighted by Crippen LogP contribution is 2.31. The number of thiazole rings is 1. The third-order valence-corrected chi connectivity index (χ3v) is 3.78. The largest absolute Gasteiger partial charge is 0.312 e. The van der Waals surface area contributed by atoms with Gasteiger partial charge >= 0.3 is 0 Å². The molecule has 1 aliphatic carbocycles. The van der Waals surface area contributed by atoms with Crippen molar-refractivity contribution in [3.05, 3.63) is 15.6 Å².